The van der Waals surface area contributed by atoms with E-state index in [1.165, 1.54) is 0 Å². The number of ether oxygens (including phenoxy) is 2. The van der Waals surface area contributed by atoms with Crippen LogP contribution >= 0.6 is 0 Å². The lowest BCUT2D eigenvalue weighted by Crippen LogP contribution is -1.99. The van der Waals surface area contributed by atoms with Crippen LogP contribution < -0.4 is 14.8 Å². The highest BCUT2D eigenvalue weighted by Crippen LogP contribution is 2.31. The maximum Gasteiger partial charge on any atom is 0.161 e. The standard InChI is InChI=1S/C15H18N2O2/c1-4-16-15-7-5-6-12(17-15)11-8-9-13(18-2)14(10-11)19-3/h5-10H,4H2,1-3H3,(H,16,17). The molecule has 0 atom stereocenters. The molecule has 4 nitrogen and oxygen atoms in total. The summed E-state index contributed by atoms with van der Waals surface area (Å²) in [6.45, 7) is 2.90. The Kier molecular flexibility index (Phi) is 4.23. The van der Waals surface area contributed by atoms with Gasteiger partial charge in [-0.1, -0.05) is 6.07 Å². The molecule has 2 rings (SSSR count). The molecule has 1 heterocycles. The van der Waals surface area contributed by atoms with Crippen LogP contribution in [0.5, 0.6) is 11.5 Å². The average molecular weight is 258 g/mol. The van der Waals surface area contributed by atoms with Gasteiger partial charge < -0.3 is 14.8 Å². The molecule has 0 aliphatic carbocycles. The molecule has 0 amide bonds. The smallest absolute Gasteiger partial charge is 0.161 e. The zero-order chi connectivity index (χ0) is 13.7. The number of rotatable bonds is 5. The minimum Gasteiger partial charge on any atom is -0.493 e. The minimum absolute atomic E-state index is 0.704. The molecule has 0 saturated heterocycles. The van der Waals surface area contributed by atoms with Crippen LogP contribution in [0.1, 0.15) is 6.92 Å². The molecule has 0 saturated carbocycles. The van der Waals surface area contributed by atoms with E-state index in [0.717, 1.165) is 23.6 Å². The normalized spacial score (nSPS) is 10.1. The van der Waals surface area contributed by atoms with Crippen LogP contribution in [-0.4, -0.2) is 25.7 Å². The summed E-state index contributed by atoms with van der Waals surface area (Å²) >= 11 is 0. The predicted octanol–water partition coefficient (Wildman–Crippen LogP) is 3.20. The predicted molar refractivity (Wildman–Crippen MR) is 76.9 cm³/mol. The summed E-state index contributed by atoms with van der Waals surface area (Å²) in [6, 6.07) is 11.7. The van der Waals surface area contributed by atoms with E-state index in [9.17, 15) is 0 Å². The molecule has 0 bridgehead atoms. The van der Waals surface area contributed by atoms with Gasteiger partial charge in [-0.3, -0.25) is 0 Å². The molecule has 0 radical (unpaired) electrons. The third kappa shape index (κ3) is 2.96. The van der Waals surface area contributed by atoms with E-state index < -0.39 is 0 Å². The average Bonchev–Trinajstić information content (AvgIpc) is 2.47. The first-order valence-corrected chi connectivity index (χ1v) is 6.21. The molecule has 1 aromatic heterocycles. The number of benzene rings is 1. The molecule has 1 N–H and O–H groups in total. The number of hydrogen-bond acceptors (Lipinski definition) is 4. The number of methoxy groups -OCH3 is 2. The van der Waals surface area contributed by atoms with Gasteiger partial charge in [-0.05, 0) is 37.3 Å². The second-order valence-electron chi connectivity index (χ2n) is 4.01. The molecule has 0 aliphatic rings. The number of anilines is 1. The maximum atomic E-state index is 5.31. The molecule has 0 spiro atoms. The Hall–Kier alpha value is -2.23. The van der Waals surface area contributed by atoms with Crippen molar-refractivity contribution in [1.29, 1.82) is 0 Å². The van der Waals surface area contributed by atoms with Crippen molar-refractivity contribution in [3.8, 4) is 22.8 Å². The van der Waals surface area contributed by atoms with Crippen LogP contribution in [0.4, 0.5) is 5.82 Å². The van der Waals surface area contributed by atoms with Crippen molar-refractivity contribution >= 4 is 5.82 Å². The van der Waals surface area contributed by atoms with Crippen LogP contribution in [0, 0.1) is 0 Å². The zero-order valence-corrected chi connectivity index (χ0v) is 11.4. The lowest BCUT2D eigenvalue weighted by atomic mass is 10.1. The Balaban J connectivity index is 2.38. The Bertz CT molecular complexity index is 556. The third-order valence-electron chi connectivity index (χ3n) is 2.79. The van der Waals surface area contributed by atoms with Crippen LogP contribution in [-0.2, 0) is 0 Å². The Morgan fingerprint density at radius 3 is 2.53 bits per heavy atom. The molecular formula is C15H18N2O2. The summed E-state index contributed by atoms with van der Waals surface area (Å²) in [5.74, 6) is 2.29. The van der Waals surface area contributed by atoms with Gasteiger partial charge in [-0.25, -0.2) is 4.98 Å². The summed E-state index contributed by atoms with van der Waals surface area (Å²) in [5, 5.41) is 3.20. The third-order valence-corrected chi connectivity index (χ3v) is 2.79. The van der Waals surface area contributed by atoms with Crippen LogP contribution in [0.15, 0.2) is 36.4 Å². The second-order valence-corrected chi connectivity index (χ2v) is 4.01. The Morgan fingerprint density at radius 1 is 1.05 bits per heavy atom. The van der Waals surface area contributed by atoms with E-state index in [1.54, 1.807) is 14.2 Å². The Labute approximate surface area is 113 Å². The molecule has 0 aliphatic heterocycles. The molecule has 2 aromatic rings. The van der Waals surface area contributed by atoms with Gasteiger partial charge >= 0.3 is 0 Å². The van der Waals surface area contributed by atoms with Crippen LogP contribution in [0.2, 0.25) is 0 Å². The summed E-state index contributed by atoms with van der Waals surface area (Å²) < 4.78 is 10.5. The molecule has 19 heavy (non-hydrogen) atoms. The van der Waals surface area contributed by atoms with Gasteiger partial charge in [0.25, 0.3) is 0 Å². The van der Waals surface area contributed by atoms with E-state index >= 15 is 0 Å². The molecule has 0 fully saturated rings. The van der Waals surface area contributed by atoms with Gasteiger partial charge in [0.1, 0.15) is 5.82 Å². The van der Waals surface area contributed by atoms with Gasteiger partial charge in [0.05, 0.1) is 19.9 Å². The Morgan fingerprint density at radius 2 is 1.84 bits per heavy atom. The number of nitrogens with one attached hydrogen (secondary N) is 1. The number of hydrogen-bond donors (Lipinski definition) is 1. The summed E-state index contributed by atoms with van der Waals surface area (Å²) in [6.07, 6.45) is 0. The second kappa shape index (κ2) is 6.09. The highest BCUT2D eigenvalue weighted by atomic mass is 16.5. The van der Waals surface area contributed by atoms with E-state index in [4.69, 9.17) is 9.47 Å². The lowest BCUT2D eigenvalue weighted by molar-refractivity contribution is 0.355. The molecule has 4 heteroatoms. The topological polar surface area (TPSA) is 43.4 Å². The SMILES string of the molecule is CCNc1cccc(-c2ccc(OC)c(OC)c2)n1. The number of nitrogens with zero attached hydrogens (tertiary/aromatic N) is 1. The number of aromatic nitrogens is 1. The zero-order valence-electron chi connectivity index (χ0n) is 11.4. The highest BCUT2D eigenvalue weighted by Gasteiger charge is 2.07. The first-order chi connectivity index (χ1) is 9.28. The largest absolute Gasteiger partial charge is 0.493 e. The van der Waals surface area contributed by atoms with E-state index in [0.29, 0.717) is 11.5 Å². The molecule has 100 valence electrons. The first-order valence-electron chi connectivity index (χ1n) is 6.21. The van der Waals surface area contributed by atoms with Crippen molar-refractivity contribution in [2.45, 2.75) is 6.92 Å². The molecule has 1 aromatic carbocycles. The summed E-state index contributed by atoms with van der Waals surface area (Å²) in [5.41, 5.74) is 1.90. The van der Waals surface area contributed by atoms with Crippen molar-refractivity contribution in [1.82, 2.24) is 4.98 Å². The van der Waals surface area contributed by atoms with E-state index in [1.807, 2.05) is 43.3 Å². The molecule has 0 unspecified atom stereocenters. The van der Waals surface area contributed by atoms with Crippen molar-refractivity contribution in [3.63, 3.8) is 0 Å². The van der Waals surface area contributed by atoms with Crippen molar-refractivity contribution in [3.05, 3.63) is 36.4 Å². The summed E-state index contributed by atoms with van der Waals surface area (Å²) in [4.78, 5) is 4.56. The van der Waals surface area contributed by atoms with Gasteiger partial charge in [0, 0.05) is 12.1 Å². The van der Waals surface area contributed by atoms with Crippen LogP contribution in [0.25, 0.3) is 11.3 Å². The highest BCUT2D eigenvalue weighted by molar-refractivity contribution is 5.65. The summed E-state index contributed by atoms with van der Waals surface area (Å²) in [7, 11) is 3.26. The van der Waals surface area contributed by atoms with Gasteiger partial charge in [-0.15, -0.1) is 0 Å². The first kappa shape index (κ1) is 13.2. The van der Waals surface area contributed by atoms with Crippen molar-refractivity contribution in [2.75, 3.05) is 26.1 Å². The fourth-order valence-electron chi connectivity index (χ4n) is 1.87. The monoisotopic (exact) mass is 258 g/mol. The maximum absolute atomic E-state index is 5.31. The quantitative estimate of drug-likeness (QED) is 0.894. The van der Waals surface area contributed by atoms with Crippen molar-refractivity contribution < 1.29 is 9.47 Å². The fourth-order valence-corrected chi connectivity index (χ4v) is 1.87. The van der Waals surface area contributed by atoms with E-state index in [2.05, 4.69) is 10.3 Å². The van der Waals surface area contributed by atoms with Gasteiger partial charge in [0.15, 0.2) is 11.5 Å². The van der Waals surface area contributed by atoms with Gasteiger partial charge in [0.2, 0.25) is 0 Å². The number of pyridine rings is 1. The fraction of sp³-hybridized carbons (Fsp3) is 0.267. The van der Waals surface area contributed by atoms with E-state index in [-0.39, 0.29) is 0 Å². The lowest BCUT2D eigenvalue weighted by Gasteiger charge is -2.10. The van der Waals surface area contributed by atoms with Crippen molar-refractivity contribution in [2.24, 2.45) is 0 Å². The molecular weight excluding hydrogens is 240 g/mol. The van der Waals surface area contributed by atoms with Gasteiger partial charge in [-0.2, -0.15) is 0 Å². The van der Waals surface area contributed by atoms with Crippen LogP contribution in [0.3, 0.4) is 0 Å². The minimum atomic E-state index is 0.704.